The van der Waals surface area contributed by atoms with Gasteiger partial charge in [-0.05, 0) is 57.9 Å². The molecule has 0 bridgehead atoms. The summed E-state index contributed by atoms with van der Waals surface area (Å²) in [6.45, 7) is 7.95. The molecule has 1 unspecified atom stereocenters. The molecule has 1 atom stereocenters. The summed E-state index contributed by atoms with van der Waals surface area (Å²) in [6.07, 6.45) is 2.09. The number of hydrogen-bond donors (Lipinski definition) is 1. The first-order chi connectivity index (χ1) is 13.8. The molecule has 2 aromatic heterocycles. The second-order valence-electron chi connectivity index (χ2n) is 7.88. The van der Waals surface area contributed by atoms with Crippen molar-refractivity contribution in [3.8, 4) is 11.3 Å². The van der Waals surface area contributed by atoms with Gasteiger partial charge in [-0.25, -0.2) is 0 Å². The average Bonchev–Trinajstić information content (AvgIpc) is 3.04. The van der Waals surface area contributed by atoms with Gasteiger partial charge in [0.2, 0.25) is 0 Å². The van der Waals surface area contributed by atoms with Gasteiger partial charge in [-0.1, -0.05) is 17.6 Å². The summed E-state index contributed by atoms with van der Waals surface area (Å²) in [7, 11) is 7.74. The van der Waals surface area contributed by atoms with Gasteiger partial charge in [0.05, 0.1) is 29.5 Å². The number of esters is 1. The number of nitrogens with zero attached hydrogens (tertiary/aromatic N) is 1. The van der Waals surface area contributed by atoms with Crippen LogP contribution in [0.3, 0.4) is 0 Å². The number of carbonyl (C=O) groups is 1. The number of nitrogens with one attached hydrogen (secondary N) is 1. The Balaban J connectivity index is 2.22. The zero-order valence-electron chi connectivity index (χ0n) is 17.7. The molecule has 0 aliphatic heterocycles. The Morgan fingerprint density at radius 3 is 2.76 bits per heavy atom. The minimum Gasteiger partial charge on any atom is -0.466 e. The van der Waals surface area contributed by atoms with Gasteiger partial charge < -0.3 is 14.5 Å². The number of ether oxygens (including phenoxy) is 2. The molecule has 3 aromatic rings. The van der Waals surface area contributed by atoms with Crippen molar-refractivity contribution in [2.45, 2.75) is 40.2 Å². The van der Waals surface area contributed by atoms with Crippen LogP contribution in [-0.2, 0) is 20.7 Å². The number of aromatic amines is 1. The number of carbonyl (C=O) groups excluding carboxylic acids is 1. The van der Waals surface area contributed by atoms with Gasteiger partial charge in [-0.15, -0.1) is 0 Å². The largest absolute Gasteiger partial charge is 0.466 e. The molecule has 0 fully saturated rings. The molecule has 150 valence electrons. The quantitative estimate of drug-likeness (QED) is 0.492. The van der Waals surface area contributed by atoms with E-state index >= 15 is 0 Å². The van der Waals surface area contributed by atoms with E-state index in [2.05, 4.69) is 9.97 Å². The van der Waals surface area contributed by atoms with E-state index in [1.54, 1.807) is 13.3 Å². The molecule has 3 rings (SSSR count). The fourth-order valence-electron chi connectivity index (χ4n) is 3.58. The van der Waals surface area contributed by atoms with Gasteiger partial charge in [0.15, 0.2) is 0 Å². The Labute approximate surface area is 173 Å². The Morgan fingerprint density at radius 1 is 1.31 bits per heavy atom. The van der Waals surface area contributed by atoms with Gasteiger partial charge in [0.25, 0.3) is 0 Å². The van der Waals surface area contributed by atoms with Crippen LogP contribution in [0.25, 0.3) is 22.2 Å². The van der Waals surface area contributed by atoms with E-state index in [-0.39, 0.29) is 12.1 Å². The Kier molecular flexibility index (Phi) is 6.13. The van der Waals surface area contributed by atoms with E-state index in [9.17, 15) is 4.79 Å². The smallest absolute Gasteiger partial charge is 0.311 e. The highest BCUT2D eigenvalue weighted by atomic mass is 16.5. The standard InChI is InChI=1S/C23H27BN2O3/c1-6-29-22(27)23(3,4)13-18-17-12-15(24)9-10-19(17)26-21(18)16-8-7-11-25-20(16)14(2)28-5/h7-12,14,26H,6,13H2,1-5H3. The predicted molar refractivity (Wildman–Crippen MR) is 116 cm³/mol. The van der Waals surface area contributed by atoms with Gasteiger partial charge in [-0.2, -0.15) is 0 Å². The maximum absolute atomic E-state index is 12.6. The fourth-order valence-corrected chi connectivity index (χ4v) is 3.58. The van der Waals surface area contributed by atoms with Crippen LogP contribution in [0.1, 0.15) is 45.1 Å². The summed E-state index contributed by atoms with van der Waals surface area (Å²) in [6, 6.07) is 9.70. The van der Waals surface area contributed by atoms with Crippen LogP contribution in [0.4, 0.5) is 0 Å². The summed E-state index contributed by atoms with van der Waals surface area (Å²) < 4.78 is 10.8. The van der Waals surface area contributed by atoms with Crippen LogP contribution >= 0.6 is 0 Å². The minimum atomic E-state index is -0.695. The maximum Gasteiger partial charge on any atom is 0.311 e. The molecule has 5 nitrogen and oxygen atoms in total. The lowest BCUT2D eigenvalue weighted by molar-refractivity contribution is -0.153. The van der Waals surface area contributed by atoms with Crippen molar-refractivity contribution in [1.82, 2.24) is 9.97 Å². The lowest BCUT2D eigenvalue weighted by atomic mass is 9.83. The number of H-pyrrole nitrogens is 1. The zero-order valence-corrected chi connectivity index (χ0v) is 17.7. The first-order valence-electron chi connectivity index (χ1n) is 9.83. The van der Waals surface area contributed by atoms with E-state index in [1.165, 1.54) is 0 Å². The second kappa shape index (κ2) is 8.41. The van der Waals surface area contributed by atoms with Crippen molar-refractivity contribution in [1.29, 1.82) is 0 Å². The number of pyridine rings is 1. The van der Waals surface area contributed by atoms with E-state index in [0.717, 1.165) is 33.4 Å². The molecule has 0 aliphatic rings. The van der Waals surface area contributed by atoms with Crippen LogP contribution < -0.4 is 5.46 Å². The lowest BCUT2D eigenvalue weighted by Crippen LogP contribution is -2.29. The molecule has 1 N–H and O–H groups in total. The minimum absolute atomic E-state index is 0.173. The first-order valence-corrected chi connectivity index (χ1v) is 9.83. The van der Waals surface area contributed by atoms with E-state index < -0.39 is 5.41 Å². The van der Waals surface area contributed by atoms with Crippen LogP contribution in [0, 0.1) is 5.41 Å². The molecule has 1 aromatic carbocycles. The van der Waals surface area contributed by atoms with Crippen LogP contribution in [-0.4, -0.2) is 37.5 Å². The summed E-state index contributed by atoms with van der Waals surface area (Å²) in [4.78, 5) is 20.6. The third kappa shape index (κ3) is 4.22. The predicted octanol–water partition coefficient (Wildman–Crippen LogP) is 3.86. The van der Waals surface area contributed by atoms with Crippen molar-refractivity contribution in [3.05, 3.63) is 47.8 Å². The molecule has 0 spiro atoms. The molecule has 29 heavy (non-hydrogen) atoms. The van der Waals surface area contributed by atoms with Gasteiger partial charge >= 0.3 is 5.97 Å². The number of aromatic nitrogens is 2. The molecule has 2 radical (unpaired) electrons. The average molecular weight is 390 g/mol. The molecular weight excluding hydrogens is 363 g/mol. The Hall–Kier alpha value is -2.60. The fraction of sp³-hybridized carbons (Fsp3) is 0.391. The highest BCUT2D eigenvalue weighted by Crippen LogP contribution is 2.37. The third-order valence-corrected chi connectivity index (χ3v) is 5.22. The Morgan fingerprint density at radius 2 is 2.07 bits per heavy atom. The molecule has 0 aliphatic carbocycles. The molecular formula is C23H27BN2O3. The highest BCUT2D eigenvalue weighted by molar-refractivity contribution is 6.33. The monoisotopic (exact) mass is 390 g/mol. The number of fused-ring (bicyclic) bond motifs is 1. The van der Waals surface area contributed by atoms with Crippen LogP contribution in [0.15, 0.2) is 36.5 Å². The third-order valence-electron chi connectivity index (χ3n) is 5.22. The topological polar surface area (TPSA) is 64.2 Å². The number of hydrogen-bond acceptors (Lipinski definition) is 4. The second-order valence-corrected chi connectivity index (χ2v) is 7.88. The summed E-state index contributed by atoms with van der Waals surface area (Å²) in [5.74, 6) is -0.221. The molecule has 0 saturated carbocycles. The molecule has 2 heterocycles. The number of methoxy groups -OCH3 is 1. The Bertz CT molecular complexity index is 1030. The van der Waals surface area contributed by atoms with E-state index in [0.29, 0.717) is 18.5 Å². The molecule has 0 saturated heterocycles. The summed E-state index contributed by atoms with van der Waals surface area (Å²) in [5.41, 5.74) is 4.67. The highest BCUT2D eigenvalue weighted by Gasteiger charge is 2.32. The summed E-state index contributed by atoms with van der Waals surface area (Å²) >= 11 is 0. The van der Waals surface area contributed by atoms with Gasteiger partial charge in [-0.3, -0.25) is 9.78 Å². The van der Waals surface area contributed by atoms with Gasteiger partial charge in [0.1, 0.15) is 7.85 Å². The van der Waals surface area contributed by atoms with E-state index in [4.69, 9.17) is 17.3 Å². The first kappa shape index (κ1) is 21.1. The van der Waals surface area contributed by atoms with Crippen molar-refractivity contribution in [2.24, 2.45) is 5.41 Å². The maximum atomic E-state index is 12.6. The molecule has 0 amide bonds. The number of benzene rings is 1. The van der Waals surface area contributed by atoms with Crippen LogP contribution in [0.2, 0.25) is 0 Å². The lowest BCUT2D eigenvalue weighted by Gasteiger charge is -2.23. The number of rotatable bonds is 7. The zero-order chi connectivity index (χ0) is 21.2. The normalized spacial score (nSPS) is 12.9. The van der Waals surface area contributed by atoms with Crippen LogP contribution in [0.5, 0.6) is 0 Å². The molecule has 6 heteroatoms. The SMILES string of the molecule is [B]c1ccc2[nH]c(-c3cccnc3C(C)OC)c(CC(C)(C)C(=O)OCC)c2c1. The van der Waals surface area contributed by atoms with Crippen molar-refractivity contribution in [2.75, 3.05) is 13.7 Å². The van der Waals surface area contributed by atoms with E-state index in [1.807, 2.05) is 58.0 Å². The van der Waals surface area contributed by atoms with Crippen molar-refractivity contribution in [3.63, 3.8) is 0 Å². The van der Waals surface area contributed by atoms with Gasteiger partial charge in [0, 0.05) is 29.8 Å². The van der Waals surface area contributed by atoms with Crippen molar-refractivity contribution >= 4 is 30.2 Å². The van der Waals surface area contributed by atoms with Crippen molar-refractivity contribution < 1.29 is 14.3 Å². The summed E-state index contributed by atoms with van der Waals surface area (Å²) in [5, 5.41) is 0.997.